The lowest BCUT2D eigenvalue weighted by molar-refractivity contribution is -0.0518. The van der Waals surface area contributed by atoms with E-state index in [4.69, 9.17) is 0 Å². The van der Waals surface area contributed by atoms with Crippen LogP contribution in [0.25, 0.3) is 0 Å². The Bertz CT molecular complexity index is 579. The number of aliphatic hydroxyl groups excluding tert-OH is 1. The third kappa shape index (κ3) is 2.05. The molecule has 0 aromatic heterocycles. The summed E-state index contributed by atoms with van der Waals surface area (Å²) in [5.74, 6) is 5.15. The van der Waals surface area contributed by atoms with E-state index in [1.165, 1.54) is 44.3 Å². The zero-order valence-corrected chi connectivity index (χ0v) is 16.5. The van der Waals surface area contributed by atoms with Crippen LogP contribution in [-0.2, 0) is 0 Å². The Morgan fingerprint density at radius 1 is 1.04 bits per heavy atom. The first-order valence-corrected chi connectivity index (χ1v) is 11.4. The molecule has 0 spiro atoms. The van der Waals surface area contributed by atoms with Gasteiger partial charge in [0.25, 0.3) is 0 Å². The molecule has 0 aromatic rings. The van der Waals surface area contributed by atoms with Gasteiger partial charge in [0.05, 0.1) is 6.10 Å². The van der Waals surface area contributed by atoms with E-state index in [2.05, 4.69) is 38.6 Å². The minimum absolute atomic E-state index is 0.0718. The van der Waals surface area contributed by atoms with Gasteiger partial charge in [-0.3, -0.25) is 0 Å². The zero-order chi connectivity index (χ0) is 16.7. The number of rotatable bonds is 1. The minimum Gasteiger partial charge on any atom is -0.393 e. The molecule has 3 saturated carbocycles. The van der Waals surface area contributed by atoms with E-state index in [1.807, 2.05) is 0 Å². The molecule has 5 rings (SSSR count). The number of fused-ring (bicyclic) bond motifs is 5. The summed E-state index contributed by atoms with van der Waals surface area (Å²) in [7, 11) is 0. The Hall–Kier alpha value is 0.0500. The summed E-state index contributed by atoms with van der Waals surface area (Å²) in [6.07, 6.45) is 12.9. The lowest BCUT2D eigenvalue weighted by Gasteiger charge is -2.58. The summed E-state index contributed by atoms with van der Waals surface area (Å²) in [6.45, 7) is 7.77. The van der Waals surface area contributed by atoms with Gasteiger partial charge >= 0.3 is 0 Å². The Morgan fingerprint density at radius 3 is 2.58 bits per heavy atom. The third-order valence-corrected chi connectivity index (χ3v) is 10.9. The smallest absolute Gasteiger partial charge is 0.0577 e. The van der Waals surface area contributed by atoms with Crippen LogP contribution in [0.2, 0.25) is 0 Å². The lowest BCUT2D eigenvalue weighted by atomic mass is 9.47. The predicted octanol–water partition coefficient (Wildman–Crippen LogP) is 5.43. The maximum absolute atomic E-state index is 10.1. The van der Waals surface area contributed by atoms with Crippen LogP contribution in [-0.4, -0.2) is 21.7 Å². The van der Waals surface area contributed by atoms with E-state index in [1.54, 1.807) is 5.57 Å². The quantitative estimate of drug-likeness (QED) is 0.504. The molecule has 0 amide bonds. The molecule has 0 unspecified atom stereocenters. The number of hydrogen-bond donors (Lipinski definition) is 1. The fraction of sp³-hybridized carbons (Fsp3) is 0.909. The minimum atomic E-state index is -0.0718. The van der Waals surface area contributed by atoms with Gasteiger partial charge in [-0.2, -0.15) is 11.8 Å². The van der Waals surface area contributed by atoms with Crippen molar-refractivity contribution in [2.45, 2.75) is 83.0 Å². The highest BCUT2D eigenvalue weighted by Gasteiger charge is 2.63. The van der Waals surface area contributed by atoms with E-state index in [0.717, 1.165) is 36.5 Å². The van der Waals surface area contributed by atoms with Crippen molar-refractivity contribution in [2.75, 3.05) is 5.75 Å². The van der Waals surface area contributed by atoms with Crippen molar-refractivity contribution in [3.63, 3.8) is 0 Å². The Morgan fingerprint density at radius 2 is 1.83 bits per heavy atom. The van der Waals surface area contributed by atoms with Gasteiger partial charge in [0.2, 0.25) is 0 Å². The van der Waals surface area contributed by atoms with Gasteiger partial charge in [0.15, 0.2) is 0 Å². The molecule has 0 aromatic carbocycles. The molecule has 1 aliphatic heterocycles. The number of allylic oxidation sites excluding steroid dienone is 1. The summed E-state index contributed by atoms with van der Waals surface area (Å²) < 4.78 is 0.616. The second kappa shape index (κ2) is 5.06. The van der Waals surface area contributed by atoms with E-state index >= 15 is 0 Å². The van der Waals surface area contributed by atoms with Crippen LogP contribution in [0.15, 0.2) is 11.6 Å². The summed E-state index contributed by atoms with van der Waals surface area (Å²) in [6, 6.07) is 0. The molecule has 0 bridgehead atoms. The average Bonchev–Trinajstić information content (AvgIpc) is 3.17. The Kier molecular flexibility index (Phi) is 3.43. The average molecular weight is 347 g/mol. The van der Waals surface area contributed by atoms with Crippen molar-refractivity contribution in [3.05, 3.63) is 11.6 Å². The van der Waals surface area contributed by atoms with Gasteiger partial charge in [0, 0.05) is 10.5 Å². The summed E-state index contributed by atoms with van der Waals surface area (Å²) in [5.41, 5.74) is 2.63. The molecule has 24 heavy (non-hydrogen) atoms. The van der Waals surface area contributed by atoms with Crippen molar-refractivity contribution in [3.8, 4) is 0 Å². The Labute approximate surface area is 152 Å². The van der Waals surface area contributed by atoms with Crippen LogP contribution in [0.1, 0.15) is 72.1 Å². The molecule has 1 N–H and O–H groups in total. The first kappa shape index (κ1) is 16.2. The lowest BCUT2D eigenvalue weighted by Crippen LogP contribution is -2.51. The number of thioether (sulfide) groups is 1. The molecular formula is C22H34OS. The molecule has 1 heterocycles. The van der Waals surface area contributed by atoms with E-state index in [0.29, 0.717) is 15.6 Å². The second-order valence-corrected chi connectivity index (χ2v) is 11.9. The van der Waals surface area contributed by atoms with E-state index in [9.17, 15) is 5.11 Å². The van der Waals surface area contributed by atoms with Crippen molar-refractivity contribution in [2.24, 2.45) is 34.5 Å². The zero-order valence-electron chi connectivity index (χ0n) is 15.7. The SMILES string of the molecule is C[C@]12CC[C@H]3[C@@H](CC=C4C[C@@H](O)CC[C@@]43C)[C@@H]1CC[C@@H]2[C@@]1(C)CS1. The van der Waals surface area contributed by atoms with Crippen molar-refractivity contribution in [1.82, 2.24) is 0 Å². The molecule has 0 radical (unpaired) electrons. The molecule has 1 nitrogen and oxygen atoms in total. The fourth-order valence-corrected chi connectivity index (χ4v) is 8.98. The highest BCUT2D eigenvalue weighted by Crippen LogP contribution is 2.71. The summed E-state index contributed by atoms with van der Waals surface area (Å²) in [4.78, 5) is 0. The molecule has 2 heteroatoms. The fourth-order valence-electron chi connectivity index (χ4n) is 7.96. The molecule has 4 fully saturated rings. The van der Waals surface area contributed by atoms with Gasteiger partial charge in [-0.05, 0) is 92.8 Å². The third-order valence-electron chi connectivity index (χ3n) is 9.41. The van der Waals surface area contributed by atoms with E-state index in [-0.39, 0.29) is 6.10 Å². The van der Waals surface area contributed by atoms with Crippen molar-refractivity contribution in [1.29, 1.82) is 0 Å². The molecule has 1 saturated heterocycles. The largest absolute Gasteiger partial charge is 0.393 e. The second-order valence-electron chi connectivity index (χ2n) is 10.4. The first-order chi connectivity index (χ1) is 11.4. The normalized spacial score (nSPS) is 59.2. The van der Waals surface area contributed by atoms with Crippen LogP contribution in [0.3, 0.4) is 0 Å². The highest BCUT2D eigenvalue weighted by atomic mass is 32.2. The maximum Gasteiger partial charge on any atom is 0.0577 e. The van der Waals surface area contributed by atoms with Crippen LogP contribution >= 0.6 is 11.8 Å². The Balaban J connectivity index is 1.47. The van der Waals surface area contributed by atoms with Crippen LogP contribution in [0, 0.1) is 34.5 Å². The topological polar surface area (TPSA) is 20.2 Å². The van der Waals surface area contributed by atoms with Crippen molar-refractivity contribution < 1.29 is 5.11 Å². The molecular weight excluding hydrogens is 312 g/mol. The van der Waals surface area contributed by atoms with Crippen LogP contribution < -0.4 is 0 Å². The molecule has 134 valence electrons. The molecule has 5 aliphatic rings. The predicted molar refractivity (Wildman–Crippen MR) is 102 cm³/mol. The highest BCUT2D eigenvalue weighted by molar-refractivity contribution is 8.07. The number of hydrogen-bond acceptors (Lipinski definition) is 2. The van der Waals surface area contributed by atoms with Gasteiger partial charge < -0.3 is 5.11 Å². The monoisotopic (exact) mass is 346 g/mol. The molecule has 4 aliphatic carbocycles. The van der Waals surface area contributed by atoms with Crippen LogP contribution in [0.5, 0.6) is 0 Å². The number of aliphatic hydroxyl groups is 1. The standard InChI is InChI=1S/C22H34OS/c1-20-10-8-15(23)12-14(20)4-5-16-17-6-7-19(22(3)13-24-22)21(17,2)11-9-18(16)20/h4,15-19,23H,5-13H2,1-3H3/t15-,16-,17-,18-,19-,20-,21-,22+/m0/s1. The van der Waals surface area contributed by atoms with Gasteiger partial charge in [-0.1, -0.05) is 25.5 Å². The van der Waals surface area contributed by atoms with Crippen LogP contribution in [0.4, 0.5) is 0 Å². The van der Waals surface area contributed by atoms with Gasteiger partial charge in [-0.15, -0.1) is 0 Å². The summed E-state index contributed by atoms with van der Waals surface area (Å²) in [5, 5.41) is 10.1. The van der Waals surface area contributed by atoms with Gasteiger partial charge in [0.1, 0.15) is 0 Å². The summed E-state index contributed by atoms with van der Waals surface area (Å²) >= 11 is 2.23. The first-order valence-electron chi connectivity index (χ1n) is 10.4. The van der Waals surface area contributed by atoms with Crippen molar-refractivity contribution >= 4 is 11.8 Å². The maximum atomic E-state index is 10.1. The van der Waals surface area contributed by atoms with E-state index < -0.39 is 0 Å². The molecule has 8 atom stereocenters. The van der Waals surface area contributed by atoms with Gasteiger partial charge in [-0.25, -0.2) is 0 Å².